The van der Waals surface area contributed by atoms with Gasteiger partial charge in [0.05, 0.1) is 25.0 Å². The summed E-state index contributed by atoms with van der Waals surface area (Å²) in [6.07, 6.45) is 0.293. The summed E-state index contributed by atoms with van der Waals surface area (Å²) >= 11 is 0. The second kappa shape index (κ2) is 10.7. The molecule has 33 heavy (non-hydrogen) atoms. The molecule has 0 aliphatic carbocycles. The van der Waals surface area contributed by atoms with Gasteiger partial charge in [0.25, 0.3) is 0 Å². The second-order valence-electron chi connectivity index (χ2n) is 7.67. The number of primary amides is 1. The van der Waals surface area contributed by atoms with Crippen LogP contribution in [0, 0.1) is 0 Å². The summed E-state index contributed by atoms with van der Waals surface area (Å²) in [5, 5.41) is 2.77. The quantitative estimate of drug-likeness (QED) is 0.493. The highest BCUT2D eigenvalue weighted by molar-refractivity contribution is 7.93. The number of ether oxygens (including phenoxy) is 3. The van der Waals surface area contributed by atoms with Gasteiger partial charge in [-0.15, -0.1) is 0 Å². The van der Waals surface area contributed by atoms with Crippen LogP contribution in [0.5, 0.6) is 11.5 Å². The predicted molar refractivity (Wildman–Crippen MR) is 121 cm³/mol. The second-order valence-corrected chi connectivity index (χ2v) is 9.93. The van der Waals surface area contributed by atoms with Gasteiger partial charge in [0.2, 0.25) is 11.8 Å². The number of nitrogens with two attached hydrogens (primary N) is 1. The van der Waals surface area contributed by atoms with Crippen molar-refractivity contribution in [3.05, 3.63) is 54.1 Å². The van der Waals surface area contributed by atoms with Gasteiger partial charge in [-0.05, 0) is 54.8 Å². The van der Waals surface area contributed by atoms with Crippen molar-refractivity contribution >= 4 is 21.7 Å². The molecule has 2 aromatic carbocycles. The molecule has 0 spiro atoms. The molecular weight excluding hydrogens is 448 g/mol. The van der Waals surface area contributed by atoms with Crippen LogP contribution in [0.4, 0.5) is 0 Å². The monoisotopic (exact) mass is 476 g/mol. The topological polar surface area (TPSA) is 134 Å². The minimum absolute atomic E-state index is 0.00310. The van der Waals surface area contributed by atoms with Gasteiger partial charge in [-0.3, -0.25) is 9.59 Å². The van der Waals surface area contributed by atoms with Crippen molar-refractivity contribution in [2.45, 2.75) is 28.9 Å². The van der Waals surface area contributed by atoms with Gasteiger partial charge in [-0.25, -0.2) is 8.42 Å². The smallest absolute Gasteiger partial charge is 0.239 e. The lowest BCUT2D eigenvalue weighted by atomic mass is 9.98. The third-order valence-electron chi connectivity index (χ3n) is 5.61. The van der Waals surface area contributed by atoms with E-state index in [9.17, 15) is 18.0 Å². The van der Waals surface area contributed by atoms with Gasteiger partial charge in [0.1, 0.15) is 18.1 Å². The Morgan fingerprint density at radius 2 is 1.64 bits per heavy atom. The van der Waals surface area contributed by atoms with E-state index in [2.05, 4.69) is 5.32 Å². The molecule has 0 saturated carbocycles. The molecule has 0 aromatic heterocycles. The lowest BCUT2D eigenvalue weighted by Crippen LogP contribution is -2.53. The third kappa shape index (κ3) is 5.63. The summed E-state index contributed by atoms with van der Waals surface area (Å²) in [6, 6.07) is 13.1. The van der Waals surface area contributed by atoms with E-state index in [4.69, 9.17) is 19.9 Å². The number of methoxy groups -OCH3 is 1. The van der Waals surface area contributed by atoms with E-state index >= 15 is 0 Å². The average Bonchev–Trinajstić information content (AvgIpc) is 2.83. The van der Waals surface area contributed by atoms with E-state index < -0.39 is 20.5 Å². The lowest BCUT2D eigenvalue weighted by Gasteiger charge is -2.33. The first-order valence-electron chi connectivity index (χ1n) is 10.5. The van der Waals surface area contributed by atoms with Crippen molar-refractivity contribution in [1.29, 1.82) is 0 Å². The summed E-state index contributed by atoms with van der Waals surface area (Å²) in [6.45, 7) is 0.823. The van der Waals surface area contributed by atoms with E-state index in [0.29, 0.717) is 12.3 Å². The number of carbonyl (C=O) groups excluding carboxylic acids is 2. The van der Waals surface area contributed by atoms with Crippen LogP contribution in [0.15, 0.2) is 53.4 Å². The molecule has 0 unspecified atom stereocenters. The maximum atomic E-state index is 13.1. The standard InChI is InChI=1S/C23H28N2O7S/c1-30-18-4-2-17(3-5-18)16-21(26)25-12-15-32-19-6-8-20(9-7-19)33(28,29)23(22(24)27)10-13-31-14-11-23/h2-9H,10-16H2,1H3,(H2,24,27)(H,25,26). The number of amides is 2. The highest BCUT2D eigenvalue weighted by Gasteiger charge is 2.51. The van der Waals surface area contributed by atoms with E-state index in [1.165, 1.54) is 24.3 Å². The minimum atomic E-state index is -3.99. The van der Waals surface area contributed by atoms with Crippen LogP contribution in [0.2, 0.25) is 0 Å². The first-order valence-corrected chi connectivity index (χ1v) is 12.0. The van der Waals surface area contributed by atoms with Crippen molar-refractivity contribution in [2.24, 2.45) is 5.73 Å². The Morgan fingerprint density at radius 1 is 1.03 bits per heavy atom. The normalized spacial score (nSPS) is 15.4. The van der Waals surface area contributed by atoms with E-state index in [-0.39, 0.29) is 49.9 Å². The molecule has 1 fully saturated rings. The Labute approximate surface area is 193 Å². The predicted octanol–water partition coefficient (Wildman–Crippen LogP) is 1.24. The van der Waals surface area contributed by atoms with Crippen molar-refractivity contribution in [2.75, 3.05) is 33.5 Å². The molecule has 0 bridgehead atoms. The summed E-state index contributed by atoms with van der Waals surface area (Å²) < 4.78 is 40.5. The Kier molecular flexibility index (Phi) is 7.93. The maximum absolute atomic E-state index is 13.1. The number of sulfone groups is 1. The van der Waals surface area contributed by atoms with E-state index in [0.717, 1.165) is 11.3 Å². The fraction of sp³-hybridized carbons (Fsp3) is 0.391. The molecule has 0 atom stereocenters. The van der Waals surface area contributed by atoms with Crippen molar-refractivity contribution in [1.82, 2.24) is 5.32 Å². The SMILES string of the molecule is COc1ccc(CC(=O)NCCOc2ccc(S(=O)(=O)C3(C(N)=O)CCOCC3)cc2)cc1. The molecule has 0 radical (unpaired) electrons. The van der Waals surface area contributed by atoms with Crippen molar-refractivity contribution < 1.29 is 32.2 Å². The van der Waals surface area contributed by atoms with Gasteiger partial charge in [-0.2, -0.15) is 0 Å². The molecule has 2 aromatic rings. The van der Waals surface area contributed by atoms with E-state index in [1.807, 2.05) is 12.1 Å². The molecule has 178 valence electrons. The molecule has 1 saturated heterocycles. The molecule has 2 amide bonds. The lowest BCUT2D eigenvalue weighted by molar-refractivity contribution is -0.123. The number of nitrogens with one attached hydrogen (secondary N) is 1. The van der Waals surface area contributed by atoms with Gasteiger partial charge < -0.3 is 25.3 Å². The minimum Gasteiger partial charge on any atom is -0.497 e. The van der Waals surface area contributed by atoms with Crippen LogP contribution in [-0.2, 0) is 30.6 Å². The molecular formula is C23H28N2O7S. The highest BCUT2D eigenvalue weighted by atomic mass is 32.2. The molecule has 1 aliphatic heterocycles. The van der Waals surface area contributed by atoms with Gasteiger partial charge >= 0.3 is 0 Å². The highest BCUT2D eigenvalue weighted by Crippen LogP contribution is 2.35. The van der Waals surface area contributed by atoms with Crippen LogP contribution in [0.3, 0.4) is 0 Å². The van der Waals surface area contributed by atoms with Crippen LogP contribution < -0.4 is 20.5 Å². The summed E-state index contributed by atoms with van der Waals surface area (Å²) in [4.78, 5) is 24.1. The van der Waals surface area contributed by atoms with Crippen LogP contribution >= 0.6 is 0 Å². The Bertz CT molecular complexity index is 1060. The first-order chi connectivity index (χ1) is 15.8. The fourth-order valence-electron chi connectivity index (χ4n) is 3.64. The van der Waals surface area contributed by atoms with E-state index in [1.54, 1.807) is 19.2 Å². The maximum Gasteiger partial charge on any atom is 0.239 e. The summed E-state index contributed by atoms with van der Waals surface area (Å²) in [7, 11) is -2.40. The Hall–Kier alpha value is -3.11. The van der Waals surface area contributed by atoms with Crippen LogP contribution in [-0.4, -0.2) is 58.5 Å². The summed E-state index contributed by atoms with van der Waals surface area (Å²) in [5.74, 6) is 0.164. The van der Waals surface area contributed by atoms with Crippen molar-refractivity contribution in [3.63, 3.8) is 0 Å². The summed E-state index contributed by atoms with van der Waals surface area (Å²) in [5.41, 5.74) is 6.35. The Morgan fingerprint density at radius 3 is 2.21 bits per heavy atom. The van der Waals surface area contributed by atoms with Gasteiger partial charge in [0, 0.05) is 13.2 Å². The molecule has 10 heteroatoms. The number of hydrogen-bond donors (Lipinski definition) is 2. The van der Waals surface area contributed by atoms with Gasteiger partial charge in [-0.1, -0.05) is 12.1 Å². The molecule has 1 heterocycles. The largest absolute Gasteiger partial charge is 0.497 e. The third-order valence-corrected chi connectivity index (χ3v) is 8.15. The molecule has 9 nitrogen and oxygen atoms in total. The van der Waals surface area contributed by atoms with Crippen molar-refractivity contribution in [3.8, 4) is 11.5 Å². The number of benzene rings is 2. The molecule has 3 N–H and O–H groups in total. The van der Waals surface area contributed by atoms with Crippen LogP contribution in [0.25, 0.3) is 0 Å². The average molecular weight is 477 g/mol. The van der Waals surface area contributed by atoms with Crippen LogP contribution in [0.1, 0.15) is 18.4 Å². The number of carbonyl (C=O) groups is 2. The van der Waals surface area contributed by atoms with Gasteiger partial charge in [0.15, 0.2) is 14.6 Å². The zero-order chi connectivity index (χ0) is 23.9. The zero-order valence-electron chi connectivity index (χ0n) is 18.4. The Balaban J connectivity index is 1.51. The number of rotatable bonds is 10. The molecule has 1 aliphatic rings. The number of hydrogen-bond acceptors (Lipinski definition) is 7. The first kappa shape index (κ1) is 24.5. The zero-order valence-corrected chi connectivity index (χ0v) is 19.2. The molecule has 3 rings (SSSR count). The fourth-order valence-corrected chi connectivity index (χ4v) is 5.55.